The van der Waals surface area contributed by atoms with Gasteiger partial charge in [-0.05, 0) is 18.2 Å². The van der Waals surface area contributed by atoms with Crippen LogP contribution in [0, 0.1) is 0 Å². The summed E-state index contributed by atoms with van der Waals surface area (Å²) in [5, 5.41) is 1.92. The standard InChI is InChI=1S/C24H22N4O3/c25-22(29)14-21-23-18(13-19(26-21)15-4-2-1-3-5-15)17-7-6-16(12-20(17)27-23)24(30)28-8-10-31-11-9-28/h1-7,12-13,27H,8-11,14H2,(H2,25,29). The number of primary amides is 1. The second-order valence-electron chi connectivity index (χ2n) is 7.68. The molecule has 0 radical (unpaired) electrons. The van der Waals surface area contributed by atoms with Gasteiger partial charge >= 0.3 is 0 Å². The molecule has 0 unspecified atom stereocenters. The van der Waals surface area contributed by atoms with Crippen LogP contribution in [0.2, 0.25) is 0 Å². The van der Waals surface area contributed by atoms with Crippen molar-refractivity contribution in [1.29, 1.82) is 0 Å². The minimum Gasteiger partial charge on any atom is -0.378 e. The maximum Gasteiger partial charge on any atom is 0.254 e. The molecule has 31 heavy (non-hydrogen) atoms. The number of pyridine rings is 1. The first-order valence-electron chi connectivity index (χ1n) is 10.3. The molecule has 156 valence electrons. The first-order chi connectivity index (χ1) is 15.1. The Bertz CT molecular complexity index is 1290. The summed E-state index contributed by atoms with van der Waals surface area (Å²) in [6, 6.07) is 17.5. The number of rotatable bonds is 4. The number of carbonyl (C=O) groups excluding carboxylic acids is 2. The number of aromatic amines is 1. The Morgan fingerprint density at radius 3 is 2.55 bits per heavy atom. The average molecular weight is 414 g/mol. The molecule has 1 saturated heterocycles. The second-order valence-corrected chi connectivity index (χ2v) is 7.68. The van der Waals surface area contributed by atoms with Crippen molar-refractivity contribution in [2.45, 2.75) is 6.42 Å². The topological polar surface area (TPSA) is 101 Å². The van der Waals surface area contributed by atoms with Crippen molar-refractivity contribution < 1.29 is 14.3 Å². The normalized spacial score (nSPS) is 14.3. The van der Waals surface area contributed by atoms with Crippen LogP contribution in [0.1, 0.15) is 16.1 Å². The highest BCUT2D eigenvalue weighted by atomic mass is 16.5. The van der Waals surface area contributed by atoms with Gasteiger partial charge in [-0.1, -0.05) is 36.4 Å². The summed E-state index contributed by atoms with van der Waals surface area (Å²) >= 11 is 0. The largest absolute Gasteiger partial charge is 0.378 e. The number of amides is 2. The Morgan fingerprint density at radius 2 is 1.81 bits per heavy atom. The van der Waals surface area contributed by atoms with E-state index in [2.05, 4.69) is 4.98 Å². The van der Waals surface area contributed by atoms with Crippen molar-refractivity contribution in [1.82, 2.24) is 14.9 Å². The molecule has 1 fully saturated rings. The van der Waals surface area contributed by atoms with E-state index >= 15 is 0 Å². The van der Waals surface area contributed by atoms with E-state index in [0.29, 0.717) is 37.6 Å². The molecular formula is C24H22N4O3. The molecule has 0 atom stereocenters. The summed E-state index contributed by atoms with van der Waals surface area (Å²) in [6.07, 6.45) is 0.0313. The molecule has 1 aliphatic rings. The zero-order valence-corrected chi connectivity index (χ0v) is 16.9. The Morgan fingerprint density at radius 1 is 1.03 bits per heavy atom. The zero-order valence-electron chi connectivity index (χ0n) is 16.9. The molecule has 0 spiro atoms. The molecule has 4 aromatic rings. The van der Waals surface area contributed by atoms with Crippen molar-refractivity contribution in [3.63, 3.8) is 0 Å². The third-order valence-corrected chi connectivity index (χ3v) is 5.62. The van der Waals surface area contributed by atoms with Crippen LogP contribution in [-0.2, 0) is 16.0 Å². The van der Waals surface area contributed by atoms with Gasteiger partial charge < -0.3 is 20.4 Å². The van der Waals surface area contributed by atoms with Crippen molar-refractivity contribution in [3.05, 3.63) is 65.9 Å². The third kappa shape index (κ3) is 3.64. The summed E-state index contributed by atoms with van der Waals surface area (Å²) in [6.45, 7) is 2.31. The predicted molar refractivity (Wildman–Crippen MR) is 119 cm³/mol. The van der Waals surface area contributed by atoms with Gasteiger partial charge in [-0.3, -0.25) is 14.6 Å². The van der Waals surface area contributed by atoms with Crippen LogP contribution in [0.5, 0.6) is 0 Å². The summed E-state index contributed by atoms with van der Waals surface area (Å²) in [7, 11) is 0. The van der Waals surface area contributed by atoms with Gasteiger partial charge in [0, 0.05) is 40.5 Å². The minimum absolute atomic E-state index is 0.00989. The van der Waals surface area contributed by atoms with Gasteiger partial charge in [-0.15, -0.1) is 0 Å². The molecule has 5 rings (SSSR count). The van der Waals surface area contributed by atoms with Crippen LogP contribution in [0.25, 0.3) is 33.1 Å². The maximum absolute atomic E-state index is 12.9. The first kappa shape index (κ1) is 19.3. The van der Waals surface area contributed by atoms with Crippen molar-refractivity contribution in [3.8, 4) is 11.3 Å². The van der Waals surface area contributed by atoms with E-state index in [0.717, 1.165) is 33.1 Å². The van der Waals surface area contributed by atoms with Crippen LogP contribution in [-0.4, -0.2) is 53.0 Å². The van der Waals surface area contributed by atoms with E-state index in [9.17, 15) is 9.59 Å². The number of H-pyrrole nitrogens is 1. The maximum atomic E-state index is 12.9. The molecule has 0 bridgehead atoms. The monoisotopic (exact) mass is 414 g/mol. The SMILES string of the molecule is NC(=O)Cc1nc(-c2ccccc2)cc2c1[nH]c1cc(C(=O)N3CCOCC3)ccc12. The molecule has 3 N–H and O–H groups in total. The summed E-state index contributed by atoms with van der Waals surface area (Å²) in [5.74, 6) is -0.454. The van der Waals surface area contributed by atoms with Crippen LogP contribution in [0.15, 0.2) is 54.6 Å². The van der Waals surface area contributed by atoms with Gasteiger partial charge in [0.15, 0.2) is 0 Å². The van der Waals surface area contributed by atoms with Gasteiger partial charge in [0.2, 0.25) is 5.91 Å². The predicted octanol–water partition coefficient (Wildman–Crippen LogP) is 2.88. The van der Waals surface area contributed by atoms with Crippen LogP contribution >= 0.6 is 0 Å². The van der Waals surface area contributed by atoms with Crippen LogP contribution in [0.3, 0.4) is 0 Å². The number of hydrogen-bond acceptors (Lipinski definition) is 4. The smallest absolute Gasteiger partial charge is 0.254 e. The quantitative estimate of drug-likeness (QED) is 0.536. The lowest BCUT2D eigenvalue weighted by Crippen LogP contribution is -2.40. The first-order valence-corrected chi connectivity index (χ1v) is 10.3. The fourth-order valence-electron chi connectivity index (χ4n) is 4.10. The number of ether oxygens (including phenoxy) is 1. The van der Waals surface area contributed by atoms with Gasteiger partial charge in [0.25, 0.3) is 5.91 Å². The minimum atomic E-state index is -0.444. The van der Waals surface area contributed by atoms with Crippen LogP contribution in [0.4, 0.5) is 0 Å². The molecular weight excluding hydrogens is 392 g/mol. The second kappa shape index (κ2) is 7.85. The summed E-state index contributed by atoms with van der Waals surface area (Å²) < 4.78 is 5.34. The highest BCUT2D eigenvalue weighted by Gasteiger charge is 2.20. The third-order valence-electron chi connectivity index (χ3n) is 5.62. The molecule has 2 aromatic carbocycles. The molecule has 0 saturated carbocycles. The van der Waals surface area contributed by atoms with E-state index in [4.69, 9.17) is 15.5 Å². The number of benzene rings is 2. The van der Waals surface area contributed by atoms with Crippen molar-refractivity contribution in [2.24, 2.45) is 5.73 Å². The number of nitrogens with one attached hydrogen (secondary N) is 1. The van der Waals surface area contributed by atoms with Crippen molar-refractivity contribution >= 4 is 33.6 Å². The van der Waals surface area contributed by atoms with E-state index in [-0.39, 0.29) is 12.3 Å². The van der Waals surface area contributed by atoms with E-state index in [1.165, 1.54) is 0 Å². The molecule has 1 aliphatic heterocycles. The number of nitrogens with zero attached hydrogens (tertiary/aromatic N) is 2. The summed E-state index contributed by atoms with van der Waals surface area (Å²) in [4.78, 5) is 34.5. The van der Waals surface area contributed by atoms with E-state index in [1.807, 2.05) is 54.6 Å². The zero-order chi connectivity index (χ0) is 21.4. The molecule has 0 aliphatic carbocycles. The van der Waals surface area contributed by atoms with Gasteiger partial charge in [-0.2, -0.15) is 0 Å². The van der Waals surface area contributed by atoms with Gasteiger partial charge in [0.1, 0.15) is 0 Å². The number of nitrogens with two attached hydrogens (primary N) is 1. The number of fused-ring (bicyclic) bond motifs is 3. The Kier molecular flexibility index (Phi) is 4.88. The lowest BCUT2D eigenvalue weighted by Gasteiger charge is -2.26. The van der Waals surface area contributed by atoms with E-state index in [1.54, 1.807) is 4.90 Å². The number of aromatic nitrogens is 2. The molecule has 2 amide bonds. The highest BCUT2D eigenvalue weighted by Crippen LogP contribution is 2.32. The average Bonchev–Trinajstić information content (AvgIpc) is 3.17. The Balaban J connectivity index is 1.64. The van der Waals surface area contributed by atoms with Gasteiger partial charge in [0.05, 0.1) is 36.5 Å². The Hall–Kier alpha value is -3.71. The van der Waals surface area contributed by atoms with Crippen molar-refractivity contribution in [2.75, 3.05) is 26.3 Å². The summed E-state index contributed by atoms with van der Waals surface area (Å²) in [5.41, 5.74) is 10.0. The van der Waals surface area contributed by atoms with E-state index < -0.39 is 5.91 Å². The molecule has 3 heterocycles. The fraction of sp³-hybridized carbons (Fsp3) is 0.208. The number of carbonyl (C=O) groups is 2. The number of hydrogen-bond donors (Lipinski definition) is 2. The Labute approximate surface area is 178 Å². The lowest BCUT2D eigenvalue weighted by atomic mass is 10.0. The lowest BCUT2D eigenvalue weighted by molar-refractivity contribution is -0.117. The van der Waals surface area contributed by atoms with Crippen LogP contribution < -0.4 is 5.73 Å². The fourth-order valence-corrected chi connectivity index (χ4v) is 4.10. The molecule has 2 aromatic heterocycles. The van der Waals surface area contributed by atoms with Gasteiger partial charge in [-0.25, -0.2) is 0 Å². The molecule has 7 nitrogen and oxygen atoms in total. The highest BCUT2D eigenvalue weighted by molar-refractivity contribution is 6.11. The molecule has 7 heteroatoms. The number of morpholine rings is 1.